The van der Waals surface area contributed by atoms with Gasteiger partial charge in [0.2, 0.25) is 0 Å². The summed E-state index contributed by atoms with van der Waals surface area (Å²) in [7, 11) is 3.63. The zero-order valence-corrected chi connectivity index (χ0v) is 9.24. The molecular formula is C11H13FN4. The maximum absolute atomic E-state index is 13.1. The fraction of sp³-hybridized carbons (Fsp3) is 0.273. The molecule has 16 heavy (non-hydrogen) atoms. The summed E-state index contributed by atoms with van der Waals surface area (Å²) < 4.78 is 14.7. The molecular weight excluding hydrogens is 207 g/mol. The summed E-state index contributed by atoms with van der Waals surface area (Å²) >= 11 is 0. The average Bonchev–Trinajstić information content (AvgIpc) is 2.60. The Bertz CT molecular complexity index is 492. The van der Waals surface area contributed by atoms with E-state index in [2.05, 4.69) is 15.4 Å². The van der Waals surface area contributed by atoms with Crippen LogP contribution in [0.3, 0.4) is 0 Å². The largest absolute Gasteiger partial charge is 0.313 e. The van der Waals surface area contributed by atoms with Crippen LogP contribution in [0.15, 0.2) is 24.3 Å². The van der Waals surface area contributed by atoms with Gasteiger partial charge in [0.05, 0.1) is 6.54 Å². The molecule has 0 bridgehead atoms. The van der Waals surface area contributed by atoms with E-state index in [1.165, 1.54) is 12.1 Å². The van der Waals surface area contributed by atoms with Crippen LogP contribution in [0.5, 0.6) is 0 Å². The molecule has 2 aromatic rings. The van der Waals surface area contributed by atoms with Crippen LogP contribution in [0.4, 0.5) is 4.39 Å². The summed E-state index contributed by atoms with van der Waals surface area (Å²) in [5.41, 5.74) is 0.734. The minimum atomic E-state index is -0.268. The van der Waals surface area contributed by atoms with Crippen molar-refractivity contribution in [2.45, 2.75) is 6.54 Å². The summed E-state index contributed by atoms with van der Waals surface area (Å²) in [5.74, 6) is 1.10. The molecule has 0 aliphatic rings. The van der Waals surface area contributed by atoms with Crippen molar-refractivity contribution < 1.29 is 4.39 Å². The van der Waals surface area contributed by atoms with E-state index in [9.17, 15) is 4.39 Å². The van der Waals surface area contributed by atoms with E-state index >= 15 is 0 Å². The highest BCUT2D eigenvalue weighted by atomic mass is 19.1. The van der Waals surface area contributed by atoms with E-state index in [-0.39, 0.29) is 5.82 Å². The first-order chi connectivity index (χ1) is 7.70. The SMILES string of the molecule is CNCc1nc(-c2cccc(F)c2)n(C)n1. The second kappa shape index (κ2) is 4.40. The molecule has 1 aromatic carbocycles. The molecule has 0 radical (unpaired) electrons. The van der Waals surface area contributed by atoms with Gasteiger partial charge in [0.15, 0.2) is 11.6 Å². The van der Waals surface area contributed by atoms with Crippen LogP contribution < -0.4 is 5.32 Å². The maximum Gasteiger partial charge on any atom is 0.165 e. The van der Waals surface area contributed by atoms with Gasteiger partial charge < -0.3 is 5.32 Å². The van der Waals surface area contributed by atoms with Crippen molar-refractivity contribution in [2.75, 3.05) is 7.05 Å². The van der Waals surface area contributed by atoms with Gasteiger partial charge in [-0.05, 0) is 19.2 Å². The van der Waals surface area contributed by atoms with Gasteiger partial charge in [-0.1, -0.05) is 12.1 Å². The van der Waals surface area contributed by atoms with E-state index in [0.717, 1.165) is 5.56 Å². The van der Waals surface area contributed by atoms with Crippen molar-refractivity contribution in [1.29, 1.82) is 0 Å². The van der Waals surface area contributed by atoms with E-state index in [4.69, 9.17) is 0 Å². The first-order valence-corrected chi connectivity index (χ1v) is 5.01. The number of aryl methyl sites for hydroxylation is 1. The van der Waals surface area contributed by atoms with Gasteiger partial charge >= 0.3 is 0 Å². The van der Waals surface area contributed by atoms with Gasteiger partial charge in [-0.2, -0.15) is 5.10 Å². The maximum atomic E-state index is 13.1. The molecule has 1 N–H and O–H groups in total. The predicted molar refractivity (Wildman–Crippen MR) is 59.2 cm³/mol. The number of halogens is 1. The number of hydrogen-bond acceptors (Lipinski definition) is 3. The van der Waals surface area contributed by atoms with Crippen molar-refractivity contribution >= 4 is 0 Å². The zero-order chi connectivity index (χ0) is 11.5. The minimum absolute atomic E-state index is 0.268. The van der Waals surface area contributed by atoms with Crippen molar-refractivity contribution in [3.8, 4) is 11.4 Å². The predicted octanol–water partition coefficient (Wildman–Crippen LogP) is 1.34. The number of aromatic nitrogens is 3. The van der Waals surface area contributed by atoms with E-state index in [1.807, 2.05) is 13.1 Å². The Labute approximate surface area is 93.1 Å². The highest BCUT2D eigenvalue weighted by Crippen LogP contribution is 2.17. The summed E-state index contributed by atoms with van der Waals surface area (Å²) in [4.78, 5) is 4.33. The lowest BCUT2D eigenvalue weighted by molar-refractivity contribution is 0.628. The smallest absolute Gasteiger partial charge is 0.165 e. The monoisotopic (exact) mass is 220 g/mol. The fourth-order valence-corrected chi connectivity index (χ4v) is 1.55. The number of nitrogens with zero attached hydrogens (tertiary/aromatic N) is 3. The Balaban J connectivity index is 2.40. The highest BCUT2D eigenvalue weighted by Gasteiger charge is 2.09. The molecule has 0 aliphatic carbocycles. The molecule has 84 valence electrons. The van der Waals surface area contributed by atoms with Crippen LogP contribution in [0, 0.1) is 5.82 Å². The number of benzene rings is 1. The second-order valence-electron chi connectivity index (χ2n) is 3.52. The summed E-state index contributed by atoms with van der Waals surface area (Å²) in [6, 6.07) is 6.34. The number of hydrogen-bond donors (Lipinski definition) is 1. The first-order valence-electron chi connectivity index (χ1n) is 5.01. The Morgan fingerprint density at radius 1 is 1.44 bits per heavy atom. The molecule has 4 nitrogen and oxygen atoms in total. The zero-order valence-electron chi connectivity index (χ0n) is 9.24. The average molecular weight is 220 g/mol. The molecule has 0 atom stereocenters. The molecule has 0 aliphatic heterocycles. The van der Waals surface area contributed by atoms with Crippen molar-refractivity contribution in [2.24, 2.45) is 7.05 Å². The van der Waals surface area contributed by atoms with E-state index < -0.39 is 0 Å². The van der Waals surface area contributed by atoms with Gasteiger partial charge in [-0.3, -0.25) is 0 Å². The summed E-state index contributed by atoms with van der Waals surface area (Å²) in [6.45, 7) is 0.600. The second-order valence-corrected chi connectivity index (χ2v) is 3.52. The van der Waals surface area contributed by atoms with Crippen LogP contribution in [0.1, 0.15) is 5.82 Å². The Morgan fingerprint density at radius 3 is 2.94 bits per heavy atom. The third-order valence-electron chi connectivity index (χ3n) is 2.22. The lowest BCUT2D eigenvalue weighted by Gasteiger charge is -1.99. The Kier molecular flexibility index (Phi) is 2.96. The van der Waals surface area contributed by atoms with Gasteiger partial charge in [-0.15, -0.1) is 0 Å². The standard InChI is InChI=1S/C11H13FN4/c1-13-7-10-14-11(16(2)15-10)8-4-3-5-9(12)6-8/h3-6,13H,7H2,1-2H3. The van der Waals surface area contributed by atoms with Gasteiger partial charge in [0, 0.05) is 12.6 Å². The van der Waals surface area contributed by atoms with Crippen molar-refractivity contribution in [1.82, 2.24) is 20.1 Å². The molecule has 0 unspecified atom stereocenters. The van der Waals surface area contributed by atoms with Crippen LogP contribution in [-0.2, 0) is 13.6 Å². The molecule has 1 aromatic heterocycles. The molecule has 1 heterocycles. The Morgan fingerprint density at radius 2 is 2.25 bits per heavy atom. The topological polar surface area (TPSA) is 42.7 Å². The van der Waals surface area contributed by atoms with Crippen molar-refractivity contribution in [3.63, 3.8) is 0 Å². The van der Waals surface area contributed by atoms with Crippen LogP contribution in [0.2, 0.25) is 0 Å². The molecule has 0 amide bonds. The van der Waals surface area contributed by atoms with Gasteiger partial charge in [0.25, 0.3) is 0 Å². The highest BCUT2D eigenvalue weighted by molar-refractivity contribution is 5.54. The summed E-state index contributed by atoms with van der Waals surface area (Å²) in [5, 5.41) is 7.20. The minimum Gasteiger partial charge on any atom is -0.313 e. The molecule has 0 saturated carbocycles. The lowest BCUT2D eigenvalue weighted by atomic mass is 10.2. The number of rotatable bonds is 3. The molecule has 5 heteroatoms. The molecule has 0 spiro atoms. The lowest BCUT2D eigenvalue weighted by Crippen LogP contribution is -2.06. The van der Waals surface area contributed by atoms with Crippen LogP contribution in [0.25, 0.3) is 11.4 Å². The van der Waals surface area contributed by atoms with E-state index in [1.54, 1.807) is 17.8 Å². The summed E-state index contributed by atoms with van der Waals surface area (Å²) in [6.07, 6.45) is 0. The number of nitrogens with one attached hydrogen (secondary N) is 1. The third-order valence-corrected chi connectivity index (χ3v) is 2.22. The van der Waals surface area contributed by atoms with Gasteiger partial charge in [0.1, 0.15) is 5.82 Å². The quantitative estimate of drug-likeness (QED) is 0.848. The Hall–Kier alpha value is -1.75. The van der Waals surface area contributed by atoms with Crippen molar-refractivity contribution in [3.05, 3.63) is 35.9 Å². The third kappa shape index (κ3) is 2.09. The normalized spacial score (nSPS) is 10.7. The van der Waals surface area contributed by atoms with Crippen LogP contribution >= 0.6 is 0 Å². The van der Waals surface area contributed by atoms with E-state index in [0.29, 0.717) is 18.2 Å². The molecule has 0 fully saturated rings. The fourth-order valence-electron chi connectivity index (χ4n) is 1.55. The molecule has 2 rings (SSSR count). The van der Waals surface area contributed by atoms with Crippen LogP contribution in [-0.4, -0.2) is 21.8 Å². The van der Waals surface area contributed by atoms with Gasteiger partial charge in [-0.25, -0.2) is 14.1 Å². The first kappa shape index (κ1) is 10.8. The molecule has 0 saturated heterocycles.